The maximum absolute atomic E-state index is 9.47. The molecule has 1 unspecified atom stereocenters. The Morgan fingerprint density at radius 2 is 2.29 bits per heavy atom. The van der Waals surface area contributed by atoms with Crippen LogP contribution in [-0.2, 0) is 12.0 Å². The molecule has 1 aromatic heterocycles. The molecule has 0 aliphatic heterocycles. The maximum Gasteiger partial charge on any atom is 0.129 e. The third-order valence-corrected chi connectivity index (χ3v) is 3.63. The summed E-state index contributed by atoms with van der Waals surface area (Å²) < 4.78 is 5.41. The summed E-state index contributed by atoms with van der Waals surface area (Å²) in [5, 5.41) is 9.47. The highest BCUT2D eigenvalue weighted by atomic mass is 16.3. The van der Waals surface area contributed by atoms with E-state index in [0.717, 1.165) is 24.2 Å². The van der Waals surface area contributed by atoms with E-state index >= 15 is 0 Å². The molecule has 0 saturated carbocycles. The Hall–Kier alpha value is -0.800. The third kappa shape index (κ3) is 1.06. The van der Waals surface area contributed by atoms with Crippen molar-refractivity contribution in [2.24, 2.45) is 11.1 Å². The van der Waals surface area contributed by atoms with Gasteiger partial charge >= 0.3 is 0 Å². The van der Waals surface area contributed by atoms with Crippen LogP contribution in [0.25, 0.3) is 0 Å². The summed E-state index contributed by atoms with van der Waals surface area (Å²) in [6.07, 6.45) is 3.62. The van der Waals surface area contributed by atoms with Crippen LogP contribution in [0, 0.1) is 5.41 Å². The average molecular weight is 195 g/mol. The third-order valence-electron chi connectivity index (χ3n) is 3.63. The number of fused-ring (bicyclic) bond motifs is 1. The van der Waals surface area contributed by atoms with Crippen molar-refractivity contribution in [1.82, 2.24) is 0 Å². The van der Waals surface area contributed by atoms with Crippen molar-refractivity contribution >= 4 is 0 Å². The number of rotatable bonds is 1. The SMILES string of the molecule is CC1(C)CCc2ccoc2C1(N)CO. The second-order valence-corrected chi connectivity index (χ2v) is 4.79. The van der Waals surface area contributed by atoms with Crippen LogP contribution < -0.4 is 5.73 Å². The number of nitrogens with two attached hydrogens (primary N) is 1. The predicted molar refractivity (Wildman–Crippen MR) is 53.8 cm³/mol. The molecule has 3 N–H and O–H groups in total. The molecule has 14 heavy (non-hydrogen) atoms. The lowest BCUT2D eigenvalue weighted by molar-refractivity contribution is 0.0443. The lowest BCUT2D eigenvalue weighted by Gasteiger charge is -2.45. The van der Waals surface area contributed by atoms with E-state index in [1.807, 2.05) is 6.07 Å². The van der Waals surface area contributed by atoms with Crippen molar-refractivity contribution in [2.45, 2.75) is 32.2 Å². The van der Waals surface area contributed by atoms with E-state index in [2.05, 4.69) is 13.8 Å². The van der Waals surface area contributed by atoms with E-state index in [-0.39, 0.29) is 12.0 Å². The number of hydrogen-bond acceptors (Lipinski definition) is 3. The van der Waals surface area contributed by atoms with Gasteiger partial charge in [0, 0.05) is 0 Å². The molecule has 0 fully saturated rings. The van der Waals surface area contributed by atoms with Gasteiger partial charge < -0.3 is 15.3 Å². The maximum atomic E-state index is 9.47. The van der Waals surface area contributed by atoms with E-state index in [9.17, 15) is 5.11 Å². The summed E-state index contributed by atoms with van der Waals surface area (Å²) >= 11 is 0. The van der Waals surface area contributed by atoms with Crippen LogP contribution in [-0.4, -0.2) is 11.7 Å². The average Bonchev–Trinajstić information content (AvgIpc) is 2.60. The summed E-state index contributed by atoms with van der Waals surface area (Å²) in [7, 11) is 0. The van der Waals surface area contributed by atoms with Gasteiger partial charge in [0.25, 0.3) is 0 Å². The van der Waals surface area contributed by atoms with Gasteiger partial charge in [-0.05, 0) is 29.9 Å². The summed E-state index contributed by atoms with van der Waals surface area (Å²) in [6, 6.07) is 1.95. The van der Waals surface area contributed by atoms with E-state index in [0.29, 0.717) is 0 Å². The molecule has 0 bridgehead atoms. The molecule has 1 aliphatic carbocycles. The smallest absolute Gasteiger partial charge is 0.129 e. The van der Waals surface area contributed by atoms with Crippen molar-refractivity contribution in [3.05, 3.63) is 23.7 Å². The van der Waals surface area contributed by atoms with Crippen LogP contribution in [0.5, 0.6) is 0 Å². The Bertz CT molecular complexity index is 343. The Kier molecular flexibility index (Phi) is 1.98. The van der Waals surface area contributed by atoms with Gasteiger partial charge in [-0.25, -0.2) is 0 Å². The van der Waals surface area contributed by atoms with Crippen LogP contribution in [0.4, 0.5) is 0 Å². The van der Waals surface area contributed by atoms with Gasteiger partial charge in [-0.2, -0.15) is 0 Å². The molecule has 0 amide bonds. The number of aryl methyl sites for hydroxylation is 1. The predicted octanol–water partition coefficient (Wildman–Crippen LogP) is 1.40. The minimum Gasteiger partial charge on any atom is -0.467 e. The zero-order chi connectivity index (χ0) is 10.4. The first-order valence-electron chi connectivity index (χ1n) is 4.98. The summed E-state index contributed by atoms with van der Waals surface area (Å²) in [6.45, 7) is 4.09. The summed E-state index contributed by atoms with van der Waals surface area (Å²) in [5.74, 6) is 0.760. The quantitative estimate of drug-likeness (QED) is 0.712. The molecular formula is C11H17NO2. The van der Waals surface area contributed by atoms with Crippen LogP contribution >= 0.6 is 0 Å². The van der Waals surface area contributed by atoms with Gasteiger partial charge in [0.05, 0.1) is 12.9 Å². The molecule has 0 radical (unpaired) electrons. The fourth-order valence-corrected chi connectivity index (χ4v) is 2.19. The minimum atomic E-state index is -0.732. The number of aliphatic hydroxyl groups excluding tert-OH is 1. The van der Waals surface area contributed by atoms with Gasteiger partial charge in [-0.1, -0.05) is 13.8 Å². The van der Waals surface area contributed by atoms with E-state index in [1.165, 1.54) is 0 Å². The molecule has 0 aromatic carbocycles. The molecule has 3 heteroatoms. The van der Waals surface area contributed by atoms with Gasteiger partial charge in [-0.3, -0.25) is 0 Å². The van der Waals surface area contributed by atoms with Crippen LogP contribution in [0.15, 0.2) is 16.7 Å². The molecule has 1 aromatic rings. The zero-order valence-corrected chi connectivity index (χ0v) is 8.71. The van der Waals surface area contributed by atoms with Crippen molar-refractivity contribution in [3.8, 4) is 0 Å². The van der Waals surface area contributed by atoms with Crippen LogP contribution in [0.2, 0.25) is 0 Å². The monoisotopic (exact) mass is 195 g/mol. The normalized spacial score (nSPS) is 30.0. The first-order chi connectivity index (χ1) is 6.51. The molecule has 1 aliphatic rings. The lowest BCUT2D eigenvalue weighted by Crippen LogP contribution is -2.55. The summed E-state index contributed by atoms with van der Waals surface area (Å²) in [4.78, 5) is 0. The Morgan fingerprint density at radius 3 is 2.93 bits per heavy atom. The number of aliphatic hydroxyl groups is 1. The Labute approximate surface area is 83.9 Å². The van der Waals surface area contributed by atoms with Gasteiger partial charge in [-0.15, -0.1) is 0 Å². The molecule has 1 atom stereocenters. The van der Waals surface area contributed by atoms with Crippen LogP contribution in [0.3, 0.4) is 0 Å². The van der Waals surface area contributed by atoms with E-state index in [1.54, 1.807) is 6.26 Å². The Balaban J connectivity index is 2.55. The fraction of sp³-hybridized carbons (Fsp3) is 0.636. The molecule has 78 valence electrons. The van der Waals surface area contributed by atoms with Crippen molar-refractivity contribution < 1.29 is 9.52 Å². The molecule has 2 rings (SSSR count). The first-order valence-corrected chi connectivity index (χ1v) is 4.98. The molecule has 0 saturated heterocycles. The first kappa shape index (κ1) is 9.74. The van der Waals surface area contributed by atoms with Crippen molar-refractivity contribution in [2.75, 3.05) is 6.61 Å². The largest absolute Gasteiger partial charge is 0.467 e. The van der Waals surface area contributed by atoms with Gasteiger partial charge in [0.2, 0.25) is 0 Å². The summed E-state index contributed by atoms with van der Waals surface area (Å²) in [5.41, 5.74) is 6.54. The van der Waals surface area contributed by atoms with Gasteiger partial charge in [0.15, 0.2) is 0 Å². The highest BCUT2D eigenvalue weighted by Gasteiger charge is 2.48. The van der Waals surface area contributed by atoms with Gasteiger partial charge in [0.1, 0.15) is 11.3 Å². The van der Waals surface area contributed by atoms with E-state index < -0.39 is 5.54 Å². The van der Waals surface area contributed by atoms with Crippen molar-refractivity contribution in [3.63, 3.8) is 0 Å². The zero-order valence-electron chi connectivity index (χ0n) is 8.71. The molecule has 1 heterocycles. The Morgan fingerprint density at radius 1 is 1.57 bits per heavy atom. The fourth-order valence-electron chi connectivity index (χ4n) is 2.19. The second kappa shape index (κ2) is 2.84. The number of furan rings is 1. The number of hydrogen-bond donors (Lipinski definition) is 2. The highest BCUT2D eigenvalue weighted by Crippen LogP contribution is 2.46. The van der Waals surface area contributed by atoms with E-state index in [4.69, 9.17) is 10.2 Å². The standard InChI is InChI=1S/C11H17NO2/c1-10(2)5-3-8-4-6-14-9(8)11(10,12)7-13/h4,6,13H,3,5,7,12H2,1-2H3. The van der Waals surface area contributed by atoms with Crippen LogP contribution in [0.1, 0.15) is 31.6 Å². The molecule has 3 nitrogen and oxygen atoms in total. The molecule has 0 spiro atoms. The second-order valence-electron chi connectivity index (χ2n) is 4.79. The highest BCUT2D eigenvalue weighted by molar-refractivity contribution is 5.30. The lowest BCUT2D eigenvalue weighted by atomic mass is 9.64. The molecular weight excluding hydrogens is 178 g/mol. The van der Waals surface area contributed by atoms with Crippen molar-refractivity contribution in [1.29, 1.82) is 0 Å². The minimum absolute atomic E-state index is 0.0689. The topological polar surface area (TPSA) is 59.4 Å².